The molecule has 0 aliphatic heterocycles. The van der Waals surface area contributed by atoms with Crippen LogP contribution in [0.2, 0.25) is 0 Å². The average Bonchev–Trinajstić information content (AvgIpc) is 3.21. The third-order valence-electron chi connectivity index (χ3n) is 4.22. The number of hydrogen-bond donors (Lipinski definition) is 3. The summed E-state index contributed by atoms with van der Waals surface area (Å²) in [5, 5.41) is 18.4. The summed E-state index contributed by atoms with van der Waals surface area (Å²) in [6.07, 6.45) is 2.58. The van der Waals surface area contributed by atoms with Crippen molar-refractivity contribution in [2.75, 3.05) is 11.9 Å². The van der Waals surface area contributed by atoms with Crippen molar-refractivity contribution in [3.8, 4) is 0 Å². The molecule has 2 aromatic heterocycles. The molecular formula is C18H26Cl2N6O. The molecule has 7 nitrogen and oxygen atoms in total. The van der Waals surface area contributed by atoms with Crippen LogP contribution in [-0.4, -0.2) is 26.9 Å². The quantitative estimate of drug-likeness (QED) is 0.488. The minimum atomic E-state index is -0.304. The summed E-state index contributed by atoms with van der Waals surface area (Å²) < 4.78 is 5.63. The van der Waals surface area contributed by atoms with Crippen molar-refractivity contribution in [1.82, 2.24) is 20.4 Å². The SMILES string of the molecule is Cc1n[nH]c(C)c1CCCNc1nnc([C@H](N)Cc2ccccc2)o1.Cl.Cl. The molecule has 0 fully saturated rings. The van der Waals surface area contributed by atoms with Gasteiger partial charge in [-0.2, -0.15) is 5.10 Å². The van der Waals surface area contributed by atoms with Gasteiger partial charge in [-0.3, -0.25) is 5.10 Å². The number of halogens is 2. The maximum atomic E-state index is 6.16. The van der Waals surface area contributed by atoms with Gasteiger partial charge in [0, 0.05) is 12.2 Å². The van der Waals surface area contributed by atoms with Crippen LogP contribution in [0.25, 0.3) is 0 Å². The van der Waals surface area contributed by atoms with Crippen LogP contribution >= 0.6 is 24.8 Å². The van der Waals surface area contributed by atoms with Gasteiger partial charge in [0.1, 0.15) is 0 Å². The van der Waals surface area contributed by atoms with E-state index < -0.39 is 0 Å². The second-order valence-electron chi connectivity index (χ2n) is 6.18. The van der Waals surface area contributed by atoms with Crippen LogP contribution in [0.4, 0.5) is 6.01 Å². The van der Waals surface area contributed by atoms with Crippen molar-refractivity contribution in [2.24, 2.45) is 5.73 Å². The number of anilines is 1. The van der Waals surface area contributed by atoms with Gasteiger partial charge in [-0.1, -0.05) is 35.4 Å². The zero-order valence-corrected chi connectivity index (χ0v) is 17.1. The number of nitrogens with two attached hydrogens (primary N) is 1. The van der Waals surface area contributed by atoms with Crippen molar-refractivity contribution in [1.29, 1.82) is 0 Å². The molecule has 0 bridgehead atoms. The minimum absolute atomic E-state index is 0. The highest BCUT2D eigenvalue weighted by Gasteiger charge is 2.15. The van der Waals surface area contributed by atoms with Gasteiger partial charge >= 0.3 is 6.01 Å². The molecule has 2 heterocycles. The van der Waals surface area contributed by atoms with E-state index in [1.165, 1.54) is 5.56 Å². The molecule has 0 aliphatic carbocycles. The van der Waals surface area contributed by atoms with E-state index in [2.05, 4.69) is 25.7 Å². The topological polar surface area (TPSA) is 106 Å². The Bertz CT molecular complexity index is 786. The Morgan fingerprint density at radius 1 is 1.15 bits per heavy atom. The van der Waals surface area contributed by atoms with Crippen LogP contribution in [0.1, 0.15) is 40.9 Å². The van der Waals surface area contributed by atoms with Crippen LogP contribution in [0.3, 0.4) is 0 Å². The number of rotatable bonds is 8. The largest absolute Gasteiger partial charge is 0.406 e. The lowest BCUT2D eigenvalue weighted by molar-refractivity contribution is 0.456. The molecule has 3 aromatic rings. The molecule has 4 N–H and O–H groups in total. The van der Waals surface area contributed by atoms with Gasteiger partial charge in [-0.15, -0.1) is 29.9 Å². The molecule has 0 unspecified atom stereocenters. The summed E-state index contributed by atoms with van der Waals surface area (Å²) >= 11 is 0. The second-order valence-corrected chi connectivity index (χ2v) is 6.18. The second kappa shape index (κ2) is 10.9. The predicted octanol–water partition coefficient (Wildman–Crippen LogP) is 3.54. The Hall–Kier alpha value is -2.09. The van der Waals surface area contributed by atoms with E-state index in [0.717, 1.165) is 36.3 Å². The van der Waals surface area contributed by atoms with Crippen LogP contribution < -0.4 is 11.1 Å². The number of H-pyrrole nitrogens is 1. The molecule has 0 saturated carbocycles. The molecule has 1 aromatic carbocycles. The van der Waals surface area contributed by atoms with Crippen LogP contribution in [0, 0.1) is 13.8 Å². The number of aromatic nitrogens is 4. The fourth-order valence-corrected chi connectivity index (χ4v) is 2.81. The van der Waals surface area contributed by atoms with Crippen molar-refractivity contribution in [2.45, 2.75) is 39.2 Å². The van der Waals surface area contributed by atoms with E-state index in [1.54, 1.807) is 0 Å². The van der Waals surface area contributed by atoms with Gasteiger partial charge < -0.3 is 15.5 Å². The van der Waals surface area contributed by atoms with Gasteiger partial charge in [0.25, 0.3) is 0 Å². The molecule has 3 rings (SSSR count). The molecular weight excluding hydrogens is 387 g/mol. The van der Waals surface area contributed by atoms with E-state index in [1.807, 2.05) is 44.2 Å². The van der Waals surface area contributed by atoms with E-state index in [0.29, 0.717) is 18.3 Å². The van der Waals surface area contributed by atoms with E-state index in [-0.39, 0.29) is 30.9 Å². The van der Waals surface area contributed by atoms with Gasteiger partial charge in [0.2, 0.25) is 5.89 Å². The monoisotopic (exact) mass is 412 g/mol. The highest BCUT2D eigenvalue weighted by Crippen LogP contribution is 2.17. The van der Waals surface area contributed by atoms with Crippen LogP contribution in [0.15, 0.2) is 34.7 Å². The lowest BCUT2D eigenvalue weighted by atomic mass is 10.1. The minimum Gasteiger partial charge on any atom is -0.406 e. The van der Waals surface area contributed by atoms with Gasteiger partial charge in [0.05, 0.1) is 11.7 Å². The average molecular weight is 413 g/mol. The zero-order chi connectivity index (χ0) is 17.6. The van der Waals surface area contributed by atoms with Gasteiger partial charge in [-0.25, -0.2) is 0 Å². The molecule has 148 valence electrons. The molecule has 27 heavy (non-hydrogen) atoms. The highest BCUT2D eigenvalue weighted by atomic mass is 35.5. The normalized spacial score (nSPS) is 11.4. The first-order valence-corrected chi connectivity index (χ1v) is 8.50. The number of hydrogen-bond acceptors (Lipinski definition) is 6. The fourth-order valence-electron chi connectivity index (χ4n) is 2.81. The first-order valence-electron chi connectivity index (χ1n) is 8.50. The number of benzene rings is 1. The van der Waals surface area contributed by atoms with Crippen LogP contribution in [0.5, 0.6) is 0 Å². The molecule has 0 saturated heterocycles. The van der Waals surface area contributed by atoms with Crippen molar-refractivity contribution in [3.05, 3.63) is 58.7 Å². The third kappa shape index (κ3) is 6.23. The lowest BCUT2D eigenvalue weighted by Gasteiger charge is -2.06. The maximum Gasteiger partial charge on any atom is 0.315 e. The molecule has 0 aliphatic rings. The summed E-state index contributed by atoms with van der Waals surface area (Å²) in [5.41, 5.74) is 10.8. The van der Waals surface area contributed by atoms with Crippen molar-refractivity contribution < 1.29 is 4.42 Å². The van der Waals surface area contributed by atoms with Crippen molar-refractivity contribution >= 4 is 30.8 Å². The first-order chi connectivity index (χ1) is 12.1. The number of nitrogens with one attached hydrogen (secondary N) is 2. The lowest BCUT2D eigenvalue weighted by Crippen LogP contribution is -2.13. The molecule has 9 heteroatoms. The molecule has 0 spiro atoms. The summed E-state index contributed by atoms with van der Waals surface area (Å²) in [6.45, 7) is 4.81. The summed E-state index contributed by atoms with van der Waals surface area (Å²) in [4.78, 5) is 0. The maximum absolute atomic E-state index is 6.16. The number of aryl methyl sites for hydroxylation is 2. The van der Waals surface area contributed by atoms with Crippen molar-refractivity contribution in [3.63, 3.8) is 0 Å². The molecule has 1 atom stereocenters. The van der Waals surface area contributed by atoms with Gasteiger partial charge in [0.15, 0.2) is 0 Å². The first kappa shape index (κ1) is 23.0. The molecule has 0 radical (unpaired) electrons. The number of nitrogens with zero attached hydrogens (tertiary/aromatic N) is 3. The Labute approximate surface area is 171 Å². The third-order valence-corrected chi connectivity index (χ3v) is 4.22. The Kier molecular flexibility index (Phi) is 9.28. The summed E-state index contributed by atoms with van der Waals surface area (Å²) in [5.74, 6) is 0.452. The van der Waals surface area contributed by atoms with Crippen LogP contribution in [-0.2, 0) is 12.8 Å². The predicted molar refractivity (Wildman–Crippen MR) is 111 cm³/mol. The van der Waals surface area contributed by atoms with E-state index in [4.69, 9.17) is 10.2 Å². The molecule has 0 amide bonds. The number of aromatic amines is 1. The Morgan fingerprint density at radius 2 is 1.89 bits per heavy atom. The summed E-state index contributed by atoms with van der Waals surface area (Å²) in [6, 6.07) is 10.2. The fraction of sp³-hybridized carbons (Fsp3) is 0.389. The smallest absolute Gasteiger partial charge is 0.315 e. The van der Waals surface area contributed by atoms with Gasteiger partial charge in [-0.05, 0) is 44.2 Å². The zero-order valence-electron chi connectivity index (χ0n) is 15.4. The Morgan fingerprint density at radius 3 is 2.56 bits per heavy atom. The van der Waals surface area contributed by atoms with E-state index in [9.17, 15) is 0 Å². The summed E-state index contributed by atoms with van der Waals surface area (Å²) in [7, 11) is 0. The standard InChI is InChI=1S/C18H24N6O.2ClH/c1-12-15(13(2)22-21-12)9-6-10-20-18-24-23-17(25-18)16(19)11-14-7-4-3-5-8-14;;/h3-5,7-8,16H,6,9-11,19H2,1-2H3,(H,20,24)(H,21,22);2*1H/t16-;;/m1../s1. The Balaban J connectivity index is 0.00000182. The van der Waals surface area contributed by atoms with E-state index >= 15 is 0 Å². The highest BCUT2D eigenvalue weighted by molar-refractivity contribution is 5.85.